The van der Waals surface area contributed by atoms with E-state index in [0.717, 1.165) is 75.2 Å². The molecule has 0 aliphatic carbocycles. The zero-order valence-corrected chi connectivity index (χ0v) is 34.5. The Balaban J connectivity index is 1.32. The number of benzene rings is 5. The third kappa shape index (κ3) is 6.70. The lowest BCUT2D eigenvalue weighted by Gasteiger charge is -2.19. The van der Waals surface area contributed by atoms with Crippen molar-refractivity contribution in [2.45, 2.75) is 106 Å². The normalized spacial score (nSPS) is 12.9. The third-order valence-corrected chi connectivity index (χ3v) is 11.6. The molecule has 7 aromatic rings. The number of aromatic hydroxyl groups is 2. The van der Waals surface area contributed by atoms with Crippen LogP contribution in [0.2, 0.25) is 0 Å². The Bertz CT molecular complexity index is 2690. The van der Waals surface area contributed by atoms with Crippen LogP contribution in [0.4, 0.5) is 11.4 Å². The molecule has 55 heavy (non-hydrogen) atoms. The average molecular weight is 733 g/mol. The summed E-state index contributed by atoms with van der Waals surface area (Å²) in [6.07, 6.45) is 6.56. The average Bonchev–Trinajstić information content (AvgIpc) is 3.60. The first-order valence-electron chi connectivity index (χ1n) is 19.8. The van der Waals surface area contributed by atoms with Crippen molar-refractivity contribution in [3.63, 3.8) is 0 Å². The molecular formula is C49H56N4O2. The van der Waals surface area contributed by atoms with E-state index in [4.69, 9.17) is 9.98 Å². The van der Waals surface area contributed by atoms with Crippen molar-refractivity contribution in [1.29, 1.82) is 0 Å². The minimum atomic E-state index is 0.0138. The van der Waals surface area contributed by atoms with Crippen LogP contribution in [0.3, 0.4) is 0 Å². The van der Waals surface area contributed by atoms with E-state index < -0.39 is 0 Å². The number of phenolic OH excluding ortho intramolecular Hbond substituents is 2. The number of aryl methyl sites for hydroxylation is 5. The Kier molecular flexibility index (Phi) is 9.69. The van der Waals surface area contributed by atoms with Crippen LogP contribution in [-0.2, 0) is 30.8 Å². The molecule has 0 bridgehead atoms. The molecule has 5 aromatic carbocycles. The van der Waals surface area contributed by atoms with E-state index in [9.17, 15) is 10.2 Å². The van der Waals surface area contributed by atoms with Crippen LogP contribution in [0.5, 0.6) is 11.5 Å². The summed E-state index contributed by atoms with van der Waals surface area (Å²) in [5.41, 5.74) is 13.0. The maximum Gasteiger partial charge on any atom is 0.125 e. The summed E-state index contributed by atoms with van der Waals surface area (Å²) in [5.74, 6) is 0.402. The predicted molar refractivity (Wildman–Crippen MR) is 235 cm³/mol. The molecule has 0 radical (unpaired) electrons. The Morgan fingerprint density at radius 1 is 0.618 bits per heavy atom. The molecule has 7 rings (SSSR count). The molecular weight excluding hydrogens is 677 g/mol. The fourth-order valence-electron chi connectivity index (χ4n) is 8.15. The van der Waals surface area contributed by atoms with Gasteiger partial charge in [-0.1, -0.05) is 80.0 Å². The molecule has 6 heteroatoms. The lowest BCUT2D eigenvalue weighted by atomic mass is 9.86. The summed E-state index contributed by atoms with van der Waals surface area (Å²) < 4.78 is 4.64. The van der Waals surface area contributed by atoms with Crippen LogP contribution in [-0.4, -0.2) is 31.8 Å². The van der Waals surface area contributed by atoms with Crippen molar-refractivity contribution >= 4 is 67.4 Å². The van der Waals surface area contributed by atoms with Crippen LogP contribution in [0.1, 0.15) is 107 Å². The van der Waals surface area contributed by atoms with E-state index in [1.54, 1.807) is 12.4 Å². The minimum Gasteiger partial charge on any atom is -0.507 e. The van der Waals surface area contributed by atoms with Crippen molar-refractivity contribution in [2.75, 3.05) is 0 Å². The molecule has 0 saturated carbocycles. The van der Waals surface area contributed by atoms with Crippen molar-refractivity contribution < 1.29 is 10.2 Å². The Labute approximate surface area is 325 Å². The van der Waals surface area contributed by atoms with E-state index in [-0.39, 0.29) is 22.3 Å². The van der Waals surface area contributed by atoms with Crippen LogP contribution < -0.4 is 0 Å². The van der Waals surface area contributed by atoms with Gasteiger partial charge in [0.15, 0.2) is 0 Å². The summed E-state index contributed by atoms with van der Waals surface area (Å²) in [7, 11) is 2.09. The topological polar surface area (TPSA) is 75.0 Å². The quantitative estimate of drug-likeness (QED) is 0.153. The molecule has 6 nitrogen and oxygen atoms in total. The van der Waals surface area contributed by atoms with E-state index in [1.807, 2.05) is 18.2 Å². The highest BCUT2D eigenvalue weighted by molar-refractivity contribution is 6.13. The van der Waals surface area contributed by atoms with Gasteiger partial charge in [-0.2, -0.15) is 0 Å². The van der Waals surface area contributed by atoms with E-state index in [1.165, 1.54) is 22.0 Å². The van der Waals surface area contributed by atoms with Crippen LogP contribution >= 0.6 is 0 Å². The number of hydrogen-bond donors (Lipinski definition) is 2. The largest absolute Gasteiger partial charge is 0.507 e. The molecule has 0 spiro atoms. The number of hydrogen-bond acceptors (Lipinski definition) is 4. The molecule has 284 valence electrons. The first-order chi connectivity index (χ1) is 26.0. The molecule has 2 heterocycles. The van der Waals surface area contributed by atoms with Gasteiger partial charge in [0.05, 0.1) is 22.4 Å². The van der Waals surface area contributed by atoms with Crippen LogP contribution in [0, 0.1) is 13.8 Å². The molecule has 0 atom stereocenters. The number of aromatic nitrogens is 2. The number of aliphatic imine (C=N–C) groups is 2. The highest BCUT2D eigenvalue weighted by Crippen LogP contribution is 2.41. The zero-order valence-electron chi connectivity index (χ0n) is 34.5. The number of rotatable bonds is 8. The van der Waals surface area contributed by atoms with Crippen LogP contribution in [0.25, 0.3) is 43.6 Å². The third-order valence-electron chi connectivity index (χ3n) is 11.6. The number of fused-ring (bicyclic) bond motifs is 6. The first-order valence-corrected chi connectivity index (χ1v) is 19.8. The lowest BCUT2D eigenvalue weighted by molar-refractivity contribution is 0.474. The van der Waals surface area contributed by atoms with E-state index in [2.05, 4.69) is 134 Å². The van der Waals surface area contributed by atoms with Crippen molar-refractivity contribution in [2.24, 2.45) is 17.0 Å². The van der Waals surface area contributed by atoms with Gasteiger partial charge in [-0.3, -0.25) is 9.98 Å². The van der Waals surface area contributed by atoms with Gasteiger partial charge >= 0.3 is 0 Å². The second-order valence-corrected chi connectivity index (χ2v) is 17.4. The SMILES string of the molecule is CCCCn1c2ccc(C(C)(C)C)cc2c2cc(O)c(C=Nc3ccc(CC)cc3N=Cc3c(O)cc4c5cc(C(C)(C)C)ccc5n(C)c4c3C)c(C)c21. The Morgan fingerprint density at radius 3 is 1.71 bits per heavy atom. The van der Waals surface area contributed by atoms with Gasteiger partial charge < -0.3 is 19.3 Å². The molecule has 0 saturated heterocycles. The summed E-state index contributed by atoms with van der Waals surface area (Å²) >= 11 is 0. The lowest BCUT2D eigenvalue weighted by Crippen LogP contribution is -2.10. The van der Waals surface area contributed by atoms with Crippen molar-refractivity contribution in [3.05, 3.63) is 106 Å². The van der Waals surface area contributed by atoms with Gasteiger partial charge in [0.2, 0.25) is 0 Å². The van der Waals surface area contributed by atoms with Gasteiger partial charge in [0.25, 0.3) is 0 Å². The minimum absolute atomic E-state index is 0.0138. The number of phenols is 2. The highest BCUT2D eigenvalue weighted by atomic mass is 16.3. The van der Waals surface area contributed by atoms with E-state index >= 15 is 0 Å². The Morgan fingerprint density at radius 2 is 1.15 bits per heavy atom. The summed E-state index contributed by atoms with van der Waals surface area (Å²) in [6.45, 7) is 22.8. The molecule has 2 N–H and O–H groups in total. The summed E-state index contributed by atoms with van der Waals surface area (Å²) in [6, 6.07) is 23.4. The predicted octanol–water partition coefficient (Wildman–Crippen LogP) is 12.9. The van der Waals surface area contributed by atoms with Gasteiger partial charge in [-0.25, -0.2) is 0 Å². The second kappa shape index (κ2) is 14.1. The van der Waals surface area contributed by atoms with Gasteiger partial charge in [-0.15, -0.1) is 0 Å². The number of unbranched alkanes of at least 4 members (excludes halogenated alkanes) is 1. The van der Waals surface area contributed by atoms with Gasteiger partial charge in [0, 0.05) is 69.7 Å². The Hall–Kier alpha value is -5.36. The standard InChI is InChI=1S/C49H56N4O2/c1-12-14-21-53-43-20-17-33(49(8,9)10)24-35(43)37-26-45(55)39(30(4)47(37)53)27-50-40-18-15-31(13-2)22-41(40)51-28-38-29(3)46-36(25-44(38)54)34-23-32(48(5,6)7)16-19-42(34)52(46)11/h15-20,22-28,54-55H,12-14,21H2,1-11H3. The molecule has 0 aliphatic rings. The molecule has 0 unspecified atom stereocenters. The first kappa shape index (κ1) is 37.9. The molecule has 0 fully saturated rings. The van der Waals surface area contributed by atoms with Gasteiger partial charge in [0.1, 0.15) is 11.5 Å². The summed E-state index contributed by atoms with van der Waals surface area (Å²) in [5, 5.41) is 27.4. The van der Waals surface area contributed by atoms with Crippen LogP contribution in [0.15, 0.2) is 76.7 Å². The number of nitrogens with zero attached hydrogens (tertiary/aromatic N) is 4. The smallest absolute Gasteiger partial charge is 0.125 e. The monoisotopic (exact) mass is 732 g/mol. The fraction of sp³-hybridized carbons (Fsp3) is 0.347. The van der Waals surface area contributed by atoms with Crippen molar-refractivity contribution in [1.82, 2.24) is 9.13 Å². The second-order valence-electron chi connectivity index (χ2n) is 17.4. The van der Waals surface area contributed by atoms with Crippen molar-refractivity contribution in [3.8, 4) is 11.5 Å². The van der Waals surface area contributed by atoms with Gasteiger partial charge in [-0.05, 0) is 114 Å². The zero-order chi connectivity index (χ0) is 39.6. The molecule has 0 aliphatic heterocycles. The maximum absolute atomic E-state index is 11.6. The maximum atomic E-state index is 11.6. The summed E-state index contributed by atoms with van der Waals surface area (Å²) in [4.78, 5) is 9.96. The van der Waals surface area contributed by atoms with E-state index in [0.29, 0.717) is 22.5 Å². The fourth-order valence-corrected chi connectivity index (χ4v) is 8.15. The highest BCUT2D eigenvalue weighted by Gasteiger charge is 2.22. The molecule has 2 aromatic heterocycles. The molecule has 0 amide bonds.